The number of nitrogens with zero attached hydrogens (tertiary/aromatic N) is 3. The topological polar surface area (TPSA) is 53.5 Å². The van der Waals surface area contributed by atoms with Gasteiger partial charge in [0.1, 0.15) is 0 Å². The Balaban J connectivity index is 2.15. The van der Waals surface area contributed by atoms with E-state index >= 15 is 0 Å². The Morgan fingerprint density at radius 1 is 1.47 bits per heavy atom. The van der Waals surface area contributed by atoms with Crippen molar-refractivity contribution in [2.24, 2.45) is 0 Å². The summed E-state index contributed by atoms with van der Waals surface area (Å²) in [6.07, 6.45) is 2.51. The monoisotopic (exact) mass is 253 g/mol. The SMILES string of the molecule is CC(=O)c1cnc(N2CCCN(C)C(=O)C2)s1. The van der Waals surface area contributed by atoms with Crippen molar-refractivity contribution in [1.29, 1.82) is 0 Å². The van der Waals surface area contributed by atoms with Crippen molar-refractivity contribution in [2.75, 3.05) is 31.6 Å². The minimum atomic E-state index is 0.0204. The molecule has 17 heavy (non-hydrogen) atoms. The number of anilines is 1. The van der Waals surface area contributed by atoms with Crippen LogP contribution in [0.5, 0.6) is 0 Å². The molecule has 2 heterocycles. The van der Waals surface area contributed by atoms with Gasteiger partial charge in [0.2, 0.25) is 5.91 Å². The first kappa shape index (κ1) is 12.0. The third-order valence-electron chi connectivity index (χ3n) is 2.78. The van der Waals surface area contributed by atoms with E-state index < -0.39 is 0 Å². The van der Waals surface area contributed by atoms with E-state index in [1.54, 1.807) is 11.1 Å². The Bertz CT molecular complexity index is 444. The summed E-state index contributed by atoms with van der Waals surface area (Å²) >= 11 is 1.35. The molecule has 0 aliphatic carbocycles. The third kappa shape index (κ3) is 2.63. The standard InChI is InChI=1S/C11H15N3O2S/c1-8(15)9-6-12-11(17-9)14-5-3-4-13(2)10(16)7-14/h6H,3-5,7H2,1-2H3. The van der Waals surface area contributed by atoms with Crippen LogP contribution in [0.3, 0.4) is 0 Å². The van der Waals surface area contributed by atoms with E-state index in [1.807, 2.05) is 11.9 Å². The van der Waals surface area contributed by atoms with E-state index in [1.165, 1.54) is 18.3 Å². The molecule has 0 saturated carbocycles. The lowest BCUT2D eigenvalue weighted by atomic mass is 10.4. The van der Waals surface area contributed by atoms with E-state index in [9.17, 15) is 9.59 Å². The molecule has 0 unspecified atom stereocenters. The van der Waals surface area contributed by atoms with Crippen LogP contribution in [0.25, 0.3) is 0 Å². The van der Waals surface area contributed by atoms with Crippen LogP contribution in [-0.4, -0.2) is 48.3 Å². The van der Waals surface area contributed by atoms with Gasteiger partial charge in [0.25, 0.3) is 0 Å². The molecule has 1 aliphatic rings. The number of ketones is 1. The molecule has 1 aromatic rings. The molecule has 1 saturated heterocycles. The number of carbonyl (C=O) groups is 2. The average molecular weight is 253 g/mol. The smallest absolute Gasteiger partial charge is 0.241 e. The molecule has 1 aliphatic heterocycles. The number of amides is 1. The maximum Gasteiger partial charge on any atom is 0.241 e. The van der Waals surface area contributed by atoms with Crippen LogP contribution in [0, 0.1) is 0 Å². The van der Waals surface area contributed by atoms with E-state index in [-0.39, 0.29) is 11.7 Å². The molecular weight excluding hydrogens is 238 g/mol. The second-order valence-corrected chi connectivity index (χ2v) is 5.16. The van der Waals surface area contributed by atoms with Crippen LogP contribution in [0.1, 0.15) is 23.0 Å². The molecule has 0 radical (unpaired) electrons. The summed E-state index contributed by atoms with van der Waals surface area (Å²) in [6.45, 7) is 3.46. The minimum Gasteiger partial charge on any atom is -0.344 e. The van der Waals surface area contributed by atoms with Crippen LogP contribution in [-0.2, 0) is 4.79 Å². The summed E-state index contributed by atoms with van der Waals surface area (Å²) in [6, 6.07) is 0. The van der Waals surface area contributed by atoms with Gasteiger partial charge in [0.15, 0.2) is 10.9 Å². The summed E-state index contributed by atoms with van der Waals surface area (Å²) < 4.78 is 0. The van der Waals surface area contributed by atoms with Gasteiger partial charge in [-0.25, -0.2) is 4.98 Å². The van der Waals surface area contributed by atoms with Crippen molar-refractivity contribution in [3.63, 3.8) is 0 Å². The van der Waals surface area contributed by atoms with E-state index in [4.69, 9.17) is 0 Å². The molecular formula is C11H15N3O2S. The first-order chi connectivity index (χ1) is 8.08. The number of carbonyl (C=O) groups excluding carboxylic acids is 2. The number of Topliss-reactive ketones (excluding diaryl/α,β-unsaturated/α-hetero) is 1. The van der Waals surface area contributed by atoms with Gasteiger partial charge in [-0.2, -0.15) is 0 Å². The second-order valence-electron chi connectivity index (χ2n) is 4.15. The second kappa shape index (κ2) is 4.83. The largest absolute Gasteiger partial charge is 0.344 e. The Kier molecular flexibility index (Phi) is 3.42. The molecule has 2 rings (SSSR count). The highest BCUT2D eigenvalue weighted by molar-refractivity contribution is 7.17. The van der Waals surface area contributed by atoms with Gasteiger partial charge < -0.3 is 9.80 Å². The summed E-state index contributed by atoms with van der Waals surface area (Å²) in [4.78, 5) is 31.5. The van der Waals surface area contributed by atoms with Crippen molar-refractivity contribution in [3.05, 3.63) is 11.1 Å². The Morgan fingerprint density at radius 3 is 2.88 bits per heavy atom. The van der Waals surface area contributed by atoms with Crippen LogP contribution in [0.4, 0.5) is 5.13 Å². The summed E-state index contributed by atoms with van der Waals surface area (Å²) in [5.74, 6) is 0.120. The normalized spacial score (nSPS) is 17.2. The fourth-order valence-corrected chi connectivity index (χ4v) is 2.56. The molecule has 1 fully saturated rings. The number of hydrogen-bond donors (Lipinski definition) is 0. The van der Waals surface area contributed by atoms with E-state index in [2.05, 4.69) is 4.98 Å². The van der Waals surface area contributed by atoms with Gasteiger partial charge in [-0.15, -0.1) is 0 Å². The maximum atomic E-state index is 11.7. The zero-order valence-electron chi connectivity index (χ0n) is 9.97. The van der Waals surface area contributed by atoms with Crippen LogP contribution in [0.15, 0.2) is 6.20 Å². The average Bonchev–Trinajstić information content (AvgIpc) is 2.70. The number of rotatable bonds is 2. The van der Waals surface area contributed by atoms with Gasteiger partial charge in [-0.1, -0.05) is 11.3 Å². The first-order valence-electron chi connectivity index (χ1n) is 5.53. The van der Waals surface area contributed by atoms with E-state index in [0.717, 1.165) is 24.6 Å². The van der Waals surface area contributed by atoms with Crippen LogP contribution >= 0.6 is 11.3 Å². The highest BCUT2D eigenvalue weighted by atomic mass is 32.1. The molecule has 1 amide bonds. The van der Waals surface area contributed by atoms with Crippen molar-refractivity contribution < 1.29 is 9.59 Å². The van der Waals surface area contributed by atoms with Gasteiger partial charge in [-0.05, 0) is 6.42 Å². The number of aromatic nitrogens is 1. The number of thiazole rings is 1. The lowest BCUT2D eigenvalue weighted by Crippen LogP contribution is -2.34. The molecule has 1 aromatic heterocycles. The highest BCUT2D eigenvalue weighted by Crippen LogP contribution is 2.23. The van der Waals surface area contributed by atoms with Crippen LogP contribution in [0.2, 0.25) is 0 Å². The lowest BCUT2D eigenvalue weighted by Gasteiger charge is -2.18. The molecule has 0 N–H and O–H groups in total. The van der Waals surface area contributed by atoms with Gasteiger partial charge in [-0.3, -0.25) is 9.59 Å². The maximum absolute atomic E-state index is 11.7. The third-order valence-corrected chi connectivity index (χ3v) is 3.94. The summed E-state index contributed by atoms with van der Waals surface area (Å²) in [5, 5.41) is 0.763. The molecule has 0 atom stereocenters. The quantitative estimate of drug-likeness (QED) is 0.738. The highest BCUT2D eigenvalue weighted by Gasteiger charge is 2.21. The summed E-state index contributed by atoms with van der Waals surface area (Å²) in [7, 11) is 1.81. The minimum absolute atomic E-state index is 0.0204. The predicted octanol–water partition coefficient (Wildman–Crippen LogP) is 1.01. The fourth-order valence-electron chi connectivity index (χ4n) is 1.72. The molecule has 6 heteroatoms. The first-order valence-corrected chi connectivity index (χ1v) is 6.35. The predicted molar refractivity (Wildman–Crippen MR) is 66.6 cm³/mol. The Hall–Kier alpha value is -1.43. The zero-order chi connectivity index (χ0) is 12.4. The van der Waals surface area contributed by atoms with Gasteiger partial charge in [0, 0.05) is 27.1 Å². The Morgan fingerprint density at radius 2 is 2.24 bits per heavy atom. The Labute approximate surface area is 104 Å². The van der Waals surface area contributed by atoms with E-state index in [0.29, 0.717) is 11.4 Å². The van der Waals surface area contributed by atoms with Crippen molar-refractivity contribution >= 4 is 28.2 Å². The number of hydrogen-bond acceptors (Lipinski definition) is 5. The molecule has 0 aromatic carbocycles. The fraction of sp³-hybridized carbons (Fsp3) is 0.545. The van der Waals surface area contributed by atoms with Crippen molar-refractivity contribution in [1.82, 2.24) is 9.88 Å². The van der Waals surface area contributed by atoms with Crippen LogP contribution < -0.4 is 4.90 Å². The zero-order valence-corrected chi connectivity index (χ0v) is 10.8. The number of likely N-dealkylation sites (N-methyl/N-ethyl adjacent to an activating group) is 1. The van der Waals surface area contributed by atoms with Gasteiger partial charge >= 0.3 is 0 Å². The van der Waals surface area contributed by atoms with Crippen molar-refractivity contribution in [3.8, 4) is 0 Å². The lowest BCUT2D eigenvalue weighted by molar-refractivity contribution is -0.127. The molecule has 0 bridgehead atoms. The molecule has 5 nitrogen and oxygen atoms in total. The molecule has 92 valence electrons. The van der Waals surface area contributed by atoms with Gasteiger partial charge in [0.05, 0.1) is 17.6 Å². The summed E-state index contributed by atoms with van der Waals surface area (Å²) in [5.41, 5.74) is 0. The molecule has 0 spiro atoms. The van der Waals surface area contributed by atoms with Crippen molar-refractivity contribution in [2.45, 2.75) is 13.3 Å².